The first-order chi connectivity index (χ1) is 12.8. The van der Waals surface area contributed by atoms with Crippen LogP contribution in [-0.2, 0) is 11.2 Å². The molecule has 0 radical (unpaired) electrons. The Morgan fingerprint density at radius 2 is 1.50 bits per heavy atom. The van der Waals surface area contributed by atoms with Crippen LogP contribution in [0.25, 0.3) is 0 Å². The normalized spacial score (nSPS) is 14.5. The summed E-state index contributed by atoms with van der Waals surface area (Å²) in [4.78, 5) is 16.7. The van der Waals surface area contributed by atoms with Crippen LogP contribution in [0.15, 0.2) is 89.8 Å². The monoisotopic (exact) mass is 359 g/mol. The van der Waals surface area contributed by atoms with Crippen molar-refractivity contribution in [1.82, 2.24) is 0 Å². The molecule has 26 heavy (non-hydrogen) atoms. The minimum absolute atomic E-state index is 0.164. The Morgan fingerprint density at radius 1 is 0.846 bits per heavy atom. The lowest BCUT2D eigenvalue weighted by atomic mass is 10.0. The van der Waals surface area contributed by atoms with Crippen molar-refractivity contribution in [3.8, 4) is 0 Å². The van der Waals surface area contributed by atoms with Crippen LogP contribution >= 0.6 is 11.8 Å². The van der Waals surface area contributed by atoms with Crippen molar-refractivity contribution < 1.29 is 4.79 Å². The molecule has 2 nitrogen and oxygen atoms in total. The van der Waals surface area contributed by atoms with Crippen LogP contribution in [0.2, 0.25) is 0 Å². The Kier molecular flexibility index (Phi) is 5.07. The fourth-order valence-electron chi connectivity index (χ4n) is 3.43. The summed E-state index contributed by atoms with van der Waals surface area (Å²) >= 11 is 1.63. The number of anilines is 1. The van der Waals surface area contributed by atoms with Crippen molar-refractivity contribution in [1.29, 1.82) is 0 Å². The molecule has 3 aromatic rings. The van der Waals surface area contributed by atoms with Crippen LogP contribution in [0.4, 0.5) is 5.69 Å². The minimum atomic E-state index is -0.246. The number of carbonyl (C=O) groups is 1. The third kappa shape index (κ3) is 3.54. The molecule has 1 aliphatic rings. The second kappa shape index (κ2) is 7.79. The number of thioether (sulfide) groups is 1. The van der Waals surface area contributed by atoms with Gasteiger partial charge in [0.05, 0.1) is 0 Å². The molecular formula is C23H21NOS. The van der Waals surface area contributed by atoms with Gasteiger partial charge in [0.15, 0.2) is 0 Å². The van der Waals surface area contributed by atoms with Gasteiger partial charge in [0.2, 0.25) is 5.91 Å². The Bertz CT molecular complexity index is 879. The molecule has 0 saturated heterocycles. The second-order valence-corrected chi connectivity index (χ2v) is 7.62. The number of aryl methyl sites for hydroxylation is 1. The number of amides is 1. The summed E-state index contributed by atoms with van der Waals surface area (Å²) in [6.45, 7) is 0.786. The summed E-state index contributed by atoms with van der Waals surface area (Å²) in [6.07, 6.45) is 2.06. The highest BCUT2D eigenvalue weighted by molar-refractivity contribution is 8.00. The smallest absolute Gasteiger partial charge is 0.244 e. The number of nitrogens with zero attached hydrogens (tertiary/aromatic N) is 1. The molecule has 130 valence electrons. The fraction of sp³-hybridized carbons (Fsp3) is 0.174. The molecule has 1 aliphatic heterocycles. The summed E-state index contributed by atoms with van der Waals surface area (Å²) in [6, 6.07) is 28.6. The maximum atomic E-state index is 13.6. The average molecular weight is 359 g/mol. The number of rotatable bonds is 4. The summed E-state index contributed by atoms with van der Waals surface area (Å²) in [5.41, 5.74) is 3.39. The molecular weight excluding hydrogens is 338 g/mol. The molecule has 0 bridgehead atoms. The largest absolute Gasteiger partial charge is 0.311 e. The molecule has 0 aromatic heterocycles. The van der Waals surface area contributed by atoms with E-state index in [1.807, 2.05) is 59.5 Å². The van der Waals surface area contributed by atoms with Crippen LogP contribution in [0, 0.1) is 0 Å². The number of benzene rings is 3. The van der Waals surface area contributed by atoms with Crippen LogP contribution in [0.3, 0.4) is 0 Å². The van der Waals surface area contributed by atoms with Gasteiger partial charge >= 0.3 is 0 Å². The lowest BCUT2D eigenvalue weighted by Gasteiger charge is -2.32. The number of hydrogen-bond donors (Lipinski definition) is 0. The van der Waals surface area contributed by atoms with Crippen LogP contribution in [0.1, 0.15) is 22.8 Å². The van der Waals surface area contributed by atoms with E-state index in [0.717, 1.165) is 35.5 Å². The molecule has 1 amide bonds. The second-order valence-electron chi connectivity index (χ2n) is 6.44. The Balaban J connectivity index is 1.69. The lowest BCUT2D eigenvalue weighted by Crippen LogP contribution is -2.38. The predicted molar refractivity (Wildman–Crippen MR) is 109 cm³/mol. The Labute approximate surface area is 158 Å². The van der Waals surface area contributed by atoms with E-state index >= 15 is 0 Å². The summed E-state index contributed by atoms with van der Waals surface area (Å²) < 4.78 is 0. The van der Waals surface area contributed by atoms with Crippen LogP contribution in [-0.4, -0.2) is 12.5 Å². The highest BCUT2D eigenvalue weighted by Crippen LogP contribution is 2.39. The van der Waals surface area contributed by atoms with Crippen molar-refractivity contribution in [2.45, 2.75) is 23.0 Å². The molecule has 1 heterocycles. The highest BCUT2D eigenvalue weighted by atomic mass is 32.2. The highest BCUT2D eigenvalue weighted by Gasteiger charge is 2.30. The standard InChI is InChI=1S/C23H21NOS/c25-23(24-17-9-13-18-10-7-8-16-21(18)24)22(19-11-3-1-4-12-19)26-20-14-5-2-6-15-20/h1-8,10-12,14-16,22H,9,13,17H2/t22-/m0/s1. The first-order valence-corrected chi connectivity index (χ1v) is 9.87. The molecule has 1 atom stereocenters. The molecule has 0 spiro atoms. The van der Waals surface area contributed by atoms with Crippen LogP contribution in [0.5, 0.6) is 0 Å². The third-order valence-electron chi connectivity index (χ3n) is 4.70. The van der Waals surface area contributed by atoms with E-state index in [1.54, 1.807) is 11.8 Å². The first kappa shape index (κ1) is 16.9. The molecule has 0 saturated carbocycles. The van der Waals surface area contributed by atoms with Crippen molar-refractivity contribution in [3.05, 3.63) is 96.1 Å². The van der Waals surface area contributed by atoms with E-state index in [4.69, 9.17) is 0 Å². The third-order valence-corrected chi connectivity index (χ3v) is 5.95. The van der Waals surface area contributed by atoms with Gasteiger partial charge in [0.1, 0.15) is 5.25 Å². The van der Waals surface area contributed by atoms with Crippen molar-refractivity contribution >= 4 is 23.4 Å². The van der Waals surface area contributed by atoms with Crippen molar-refractivity contribution in [3.63, 3.8) is 0 Å². The van der Waals surface area contributed by atoms with E-state index in [-0.39, 0.29) is 11.2 Å². The number of hydrogen-bond acceptors (Lipinski definition) is 2. The molecule has 0 fully saturated rings. The molecule has 0 unspecified atom stereocenters. The molecule has 0 aliphatic carbocycles. The maximum Gasteiger partial charge on any atom is 0.244 e. The van der Waals surface area contributed by atoms with E-state index in [1.165, 1.54) is 5.56 Å². The van der Waals surface area contributed by atoms with Gasteiger partial charge in [0, 0.05) is 17.1 Å². The molecule has 3 aromatic carbocycles. The lowest BCUT2D eigenvalue weighted by molar-refractivity contribution is -0.118. The van der Waals surface area contributed by atoms with Gasteiger partial charge in [-0.1, -0.05) is 66.7 Å². The number of para-hydroxylation sites is 1. The van der Waals surface area contributed by atoms with Gasteiger partial charge in [-0.3, -0.25) is 4.79 Å². The molecule has 4 rings (SSSR count). The van der Waals surface area contributed by atoms with Gasteiger partial charge in [-0.05, 0) is 42.2 Å². The van der Waals surface area contributed by atoms with Crippen molar-refractivity contribution in [2.24, 2.45) is 0 Å². The van der Waals surface area contributed by atoms with E-state index in [2.05, 4.69) is 30.3 Å². The zero-order valence-electron chi connectivity index (χ0n) is 14.5. The van der Waals surface area contributed by atoms with E-state index in [9.17, 15) is 4.79 Å². The van der Waals surface area contributed by atoms with E-state index < -0.39 is 0 Å². The van der Waals surface area contributed by atoms with Crippen molar-refractivity contribution in [2.75, 3.05) is 11.4 Å². The van der Waals surface area contributed by atoms with Gasteiger partial charge < -0.3 is 4.90 Å². The zero-order valence-corrected chi connectivity index (χ0v) is 15.4. The zero-order chi connectivity index (χ0) is 17.8. The fourth-order valence-corrected chi connectivity index (χ4v) is 4.54. The summed E-state index contributed by atoms with van der Waals surface area (Å²) in [5, 5.41) is -0.246. The Morgan fingerprint density at radius 3 is 2.27 bits per heavy atom. The van der Waals surface area contributed by atoms with E-state index in [0.29, 0.717) is 0 Å². The average Bonchev–Trinajstić information content (AvgIpc) is 2.72. The molecule has 0 N–H and O–H groups in total. The van der Waals surface area contributed by atoms with Crippen LogP contribution < -0.4 is 4.90 Å². The Hall–Kier alpha value is -2.52. The number of carbonyl (C=O) groups excluding carboxylic acids is 1. The SMILES string of the molecule is O=C([C@@H](Sc1ccccc1)c1ccccc1)N1CCCc2ccccc21. The first-order valence-electron chi connectivity index (χ1n) is 8.99. The quantitative estimate of drug-likeness (QED) is 0.573. The summed E-state index contributed by atoms with van der Waals surface area (Å²) in [7, 11) is 0. The van der Waals surface area contributed by atoms with Gasteiger partial charge in [-0.2, -0.15) is 0 Å². The molecule has 3 heteroatoms. The maximum absolute atomic E-state index is 13.6. The van der Waals surface area contributed by atoms with Gasteiger partial charge in [-0.15, -0.1) is 11.8 Å². The van der Waals surface area contributed by atoms with Gasteiger partial charge in [-0.25, -0.2) is 0 Å². The number of fused-ring (bicyclic) bond motifs is 1. The van der Waals surface area contributed by atoms with Gasteiger partial charge in [0.25, 0.3) is 0 Å². The minimum Gasteiger partial charge on any atom is -0.311 e. The summed E-state index contributed by atoms with van der Waals surface area (Å²) in [5.74, 6) is 0.164. The predicted octanol–water partition coefficient (Wildman–Crippen LogP) is 5.50. The topological polar surface area (TPSA) is 20.3 Å².